The molecule has 2 heterocycles. The SMILES string of the molecule is Cl.Cl.NC[C@H]1CC[C@@H](C(=O)NC2CCN(c3ccccc3OC(F)F)C2)O1. The van der Waals surface area contributed by atoms with Crippen molar-refractivity contribution < 1.29 is 23.0 Å². The Bertz CT molecular complexity index is 613. The minimum atomic E-state index is -2.87. The maximum Gasteiger partial charge on any atom is 0.387 e. The first-order chi connectivity index (χ1) is 12.1. The number of ether oxygens (including phenoxy) is 2. The van der Waals surface area contributed by atoms with Crippen molar-refractivity contribution in [3.63, 3.8) is 0 Å². The molecule has 154 valence electrons. The first-order valence-corrected chi connectivity index (χ1v) is 8.51. The van der Waals surface area contributed by atoms with Crippen molar-refractivity contribution in [1.29, 1.82) is 0 Å². The van der Waals surface area contributed by atoms with Crippen LogP contribution in [0.25, 0.3) is 0 Å². The molecule has 1 aromatic rings. The number of halogens is 4. The van der Waals surface area contributed by atoms with Crippen molar-refractivity contribution in [3.8, 4) is 5.75 Å². The van der Waals surface area contributed by atoms with Gasteiger partial charge in [-0.2, -0.15) is 8.78 Å². The van der Waals surface area contributed by atoms with E-state index in [9.17, 15) is 13.6 Å². The monoisotopic (exact) mass is 427 g/mol. The number of nitrogens with two attached hydrogens (primary N) is 1. The fourth-order valence-corrected chi connectivity index (χ4v) is 3.38. The Balaban J connectivity index is 0.00000182. The van der Waals surface area contributed by atoms with Crippen molar-refractivity contribution in [2.45, 2.75) is 44.1 Å². The van der Waals surface area contributed by atoms with Gasteiger partial charge in [0.2, 0.25) is 5.91 Å². The van der Waals surface area contributed by atoms with Gasteiger partial charge in [0, 0.05) is 25.7 Å². The zero-order chi connectivity index (χ0) is 17.8. The van der Waals surface area contributed by atoms with Crippen LogP contribution in [0.2, 0.25) is 0 Å². The van der Waals surface area contributed by atoms with Gasteiger partial charge < -0.3 is 25.4 Å². The van der Waals surface area contributed by atoms with Crippen molar-refractivity contribution in [3.05, 3.63) is 24.3 Å². The van der Waals surface area contributed by atoms with E-state index >= 15 is 0 Å². The van der Waals surface area contributed by atoms with Gasteiger partial charge in [-0.15, -0.1) is 24.8 Å². The zero-order valence-electron chi connectivity index (χ0n) is 14.7. The second-order valence-corrected chi connectivity index (χ2v) is 6.35. The van der Waals surface area contributed by atoms with Crippen LogP contribution in [0.15, 0.2) is 24.3 Å². The first-order valence-electron chi connectivity index (χ1n) is 8.51. The molecule has 6 nitrogen and oxygen atoms in total. The molecule has 27 heavy (non-hydrogen) atoms. The molecule has 1 amide bonds. The Hall–Kier alpha value is -1.35. The fraction of sp³-hybridized carbons (Fsp3) is 0.588. The Morgan fingerprint density at radius 3 is 2.70 bits per heavy atom. The van der Waals surface area contributed by atoms with Gasteiger partial charge in [-0.05, 0) is 31.4 Å². The van der Waals surface area contributed by atoms with Gasteiger partial charge in [0.15, 0.2) is 0 Å². The van der Waals surface area contributed by atoms with Crippen LogP contribution < -0.4 is 20.7 Å². The summed E-state index contributed by atoms with van der Waals surface area (Å²) in [6.45, 7) is -1.25. The van der Waals surface area contributed by atoms with Crippen LogP contribution >= 0.6 is 24.8 Å². The Labute approximate surface area is 169 Å². The highest BCUT2D eigenvalue weighted by Crippen LogP contribution is 2.32. The average molecular weight is 428 g/mol. The Morgan fingerprint density at radius 1 is 1.30 bits per heavy atom. The number of anilines is 1. The molecule has 0 saturated carbocycles. The molecule has 2 fully saturated rings. The molecule has 3 N–H and O–H groups in total. The van der Waals surface area contributed by atoms with Gasteiger partial charge in [0.05, 0.1) is 11.8 Å². The van der Waals surface area contributed by atoms with Crippen LogP contribution in [0.5, 0.6) is 5.75 Å². The molecule has 2 saturated heterocycles. The predicted molar refractivity (Wildman–Crippen MR) is 103 cm³/mol. The maximum atomic E-state index is 12.5. The molecular weight excluding hydrogens is 403 g/mol. The number of rotatable bonds is 6. The summed E-state index contributed by atoms with van der Waals surface area (Å²) in [6.07, 6.45) is 1.71. The minimum Gasteiger partial charge on any atom is -0.433 e. The molecule has 1 aromatic carbocycles. The number of hydrogen-bond acceptors (Lipinski definition) is 5. The first kappa shape index (κ1) is 23.7. The Morgan fingerprint density at radius 2 is 2.04 bits per heavy atom. The van der Waals surface area contributed by atoms with Gasteiger partial charge in [-0.3, -0.25) is 4.79 Å². The highest BCUT2D eigenvalue weighted by Gasteiger charge is 2.33. The number of hydrogen-bond donors (Lipinski definition) is 2. The normalized spacial score (nSPS) is 24.3. The highest BCUT2D eigenvalue weighted by atomic mass is 35.5. The highest BCUT2D eigenvalue weighted by molar-refractivity contribution is 5.85. The lowest BCUT2D eigenvalue weighted by atomic mass is 10.1. The number of nitrogens with zero attached hydrogens (tertiary/aromatic N) is 1. The molecule has 0 aliphatic carbocycles. The van der Waals surface area contributed by atoms with Crippen LogP contribution in [0.1, 0.15) is 19.3 Å². The summed E-state index contributed by atoms with van der Waals surface area (Å²) in [5, 5.41) is 2.99. The number of para-hydroxylation sites is 2. The summed E-state index contributed by atoms with van der Waals surface area (Å²) < 4.78 is 35.3. The molecule has 0 radical (unpaired) electrons. The van der Waals surface area contributed by atoms with E-state index in [-0.39, 0.29) is 48.6 Å². The Kier molecular flexibility index (Phi) is 9.52. The van der Waals surface area contributed by atoms with Crippen molar-refractivity contribution >= 4 is 36.4 Å². The molecular formula is C17H25Cl2F2N3O3. The third-order valence-electron chi connectivity index (χ3n) is 4.62. The van der Waals surface area contributed by atoms with E-state index in [0.717, 1.165) is 12.8 Å². The summed E-state index contributed by atoms with van der Waals surface area (Å²) in [7, 11) is 0. The third kappa shape index (κ3) is 6.07. The van der Waals surface area contributed by atoms with Crippen LogP contribution in [0, 0.1) is 0 Å². The summed E-state index contributed by atoms with van der Waals surface area (Å²) in [5.74, 6) is 0.0225. The van der Waals surface area contributed by atoms with E-state index in [2.05, 4.69) is 10.1 Å². The zero-order valence-corrected chi connectivity index (χ0v) is 16.3. The van der Waals surface area contributed by atoms with Crippen LogP contribution in [0.3, 0.4) is 0 Å². The van der Waals surface area contributed by atoms with Crippen molar-refractivity contribution in [2.75, 3.05) is 24.5 Å². The second kappa shape index (κ2) is 10.8. The molecule has 0 bridgehead atoms. The molecule has 0 aromatic heterocycles. The topological polar surface area (TPSA) is 76.8 Å². The summed E-state index contributed by atoms with van der Waals surface area (Å²) in [4.78, 5) is 14.2. The lowest BCUT2D eigenvalue weighted by Gasteiger charge is -2.22. The molecule has 3 atom stereocenters. The number of alkyl halides is 2. The van der Waals surface area contributed by atoms with E-state index in [1.165, 1.54) is 6.07 Å². The lowest BCUT2D eigenvalue weighted by molar-refractivity contribution is -0.132. The van der Waals surface area contributed by atoms with Gasteiger partial charge in [-0.25, -0.2) is 0 Å². The fourth-order valence-electron chi connectivity index (χ4n) is 3.38. The van der Waals surface area contributed by atoms with Gasteiger partial charge in [-0.1, -0.05) is 12.1 Å². The second-order valence-electron chi connectivity index (χ2n) is 6.35. The quantitative estimate of drug-likeness (QED) is 0.728. The van der Waals surface area contributed by atoms with E-state index in [4.69, 9.17) is 10.5 Å². The minimum absolute atomic E-state index is 0. The largest absolute Gasteiger partial charge is 0.433 e. The maximum absolute atomic E-state index is 12.5. The van der Waals surface area contributed by atoms with Crippen molar-refractivity contribution in [2.24, 2.45) is 5.73 Å². The van der Waals surface area contributed by atoms with Crippen LogP contribution in [-0.2, 0) is 9.53 Å². The molecule has 1 unspecified atom stereocenters. The number of benzene rings is 1. The number of nitrogens with one attached hydrogen (secondary N) is 1. The molecule has 3 rings (SSSR count). The molecule has 2 aliphatic heterocycles. The molecule has 0 spiro atoms. The molecule has 2 aliphatic rings. The molecule has 10 heteroatoms. The summed E-state index contributed by atoms with van der Waals surface area (Å²) >= 11 is 0. The lowest BCUT2D eigenvalue weighted by Crippen LogP contribution is -2.43. The van der Waals surface area contributed by atoms with Crippen molar-refractivity contribution in [1.82, 2.24) is 5.32 Å². The summed E-state index contributed by atoms with van der Waals surface area (Å²) in [6, 6.07) is 6.65. The van der Waals surface area contributed by atoms with Crippen LogP contribution in [0.4, 0.5) is 14.5 Å². The average Bonchev–Trinajstić information content (AvgIpc) is 3.24. The number of amides is 1. The van der Waals surface area contributed by atoms with Crippen LogP contribution in [-0.4, -0.2) is 50.4 Å². The number of carbonyl (C=O) groups excluding carboxylic acids is 1. The van der Waals surface area contributed by atoms with Gasteiger partial charge in [0.25, 0.3) is 0 Å². The van der Waals surface area contributed by atoms with E-state index in [1.54, 1.807) is 18.2 Å². The third-order valence-corrected chi connectivity index (χ3v) is 4.62. The van der Waals surface area contributed by atoms with Gasteiger partial charge >= 0.3 is 6.61 Å². The van der Waals surface area contributed by atoms with E-state index in [1.807, 2.05) is 4.90 Å². The van der Waals surface area contributed by atoms with E-state index in [0.29, 0.717) is 31.7 Å². The predicted octanol–water partition coefficient (Wildman–Crippen LogP) is 2.33. The summed E-state index contributed by atoms with van der Waals surface area (Å²) in [5.41, 5.74) is 6.17. The smallest absolute Gasteiger partial charge is 0.387 e. The standard InChI is InChI=1S/C17H23F2N3O3.2ClH/c18-17(19)25-14-4-2-1-3-13(14)22-8-7-11(10-22)21-16(23)15-6-5-12(9-20)24-15;;/h1-4,11-12,15,17H,5-10,20H2,(H,21,23);2*1H/t11?,12-,15+;;/m1../s1. The van der Waals surface area contributed by atoms with Gasteiger partial charge in [0.1, 0.15) is 11.9 Å². The van der Waals surface area contributed by atoms with E-state index < -0.39 is 12.7 Å². The number of carbonyl (C=O) groups is 1.